The lowest BCUT2D eigenvalue weighted by atomic mass is 10.2. The fraction of sp³-hybridized carbons (Fsp3) is 0.273. The molecule has 114 valence electrons. The summed E-state index contributed by atoms with van der Waals surface area (Å²) in [5, 5.41) is 0. The van der Waals surface area contributed by atoms with Crippen molar-refractivity contribution in [2.24, 2.45) is 0 Å². The van der Waals surface area contributed by atoms with E-state index in [-0.39, 0.29) is 9.80 Å². The zero-order chi connectivity index (χ0) is 16.0. The summed E-state index contributed by atoms with van der Waals surface area (Å²) in [5.41, 5.74) is -0.810. The molecule has 0 bridgehead atoms. The molecule has 0 aliphatic carbocycles. The largest absolute Gasteiger partial charge is 0.471 e. The summed E-state index contributed by atoms with van der Waals surface area (Å²) >= 11 is 0. The standard InChI is InChI=1S/C11H6F6N2O2/c12-10(13,14)8(20)18-5-19(9(21)11(15,16)17)7-4-2-1-3-6(7)18/h1-4H,5H2. The van der Waals surface area contributed by atoms with Crippen LogP contribution in [0.25, 0.3) is 0 Å². The molecule has 0 spiro atoms. The molecule has 4 nitrogen and oxygen atoms in total. The van der Waals surface area contributed by atoms with E-state index < -0.39 is 42.2 Å². The van der Waals surface area contributed by atoms with E-state index in [1.165, 1.54) is 12.1 Å². The first-order chi connectivity index (χ1) is 9.53. The molecule has 0 unspecified atom stereocenters. The van der Waals surface area contributed by atoms with Crippen molar-refractivity contribution in [2.75, 3.05) is 16.5 Å². The Hall–Kier alpha value is -2.26. The molecule has 2 rings (SSSR count). The number of halogens is 6. The molecule has 1 aliphatic rings. The zero-order valence-corrected chi connectivity index (χ0v) is 10.00. The predicted octanol–water partition coefficient (Wildman–Crippen LogP) is 2.45. The van der Waals surface area contributed by atoms with Gasteiger partial charge in [0.05, 0.1) is 11.4 Å². The van der Waals surface area contributed by atoms with Crippen LogP contribution in [0.2, 0.25) is 0 Å². The van der Waals surface area contributed by atoms with Gasteiger partial charge in [-0.05, 0) is 12.1 Å². The van der Waals surface area contributed by atoms with Crippen molar-refractivity contribution < 1.29 is 35.9 Å². The average Bonchev–Trinajstić information content (AvgIpc) is 2.74. The second-order valence-corrected chi connectivity index (χ2v) is 4.09. The van der Waals surface area contributed by atoms with E-state index in [1.807, 2.05) is 0 Å². The van der Waals surface area contributed by atoms with Gasteiger partial charge in [-0.2, -0.15) is 26.3 Å². The van der Waals surface area contributed by atoms with Gasteiger partial charge in [0.15, 0.2) is 0 Å². The molecule has 0 radical (unpaired) electrons. The summed E-state index contributed by atoms with van der Waals surface area (Å²) in [6.45, 7) is -1.14. The van der Waals surface area contributed by atoms with Crippen LogP contribution in [0.1, 0.15) is 0 Å². The molecular formula is C11H6F6N2O2. The van der Waals surface area contributed by atoms with E-state index in [9.17, 15) is 35.9 Å². The maximum atomic E-state index is 12.4. The van der Waals surface area contributed by atoms with E-state index in [2.05, 4.69) is 0 Å². The summed E-state index contributed by atoms with van der Waals surface area (Å²) in [6, 6.07) is 4.55. The van der Waals surface area contributed by atoms with Crippen molar-refractivity contribution in [3.05, 3.63) is 24.3 Å². The molecule has 0 atom stereocenters. The number of rotatable bonds is 0. The fourth-order valence-corrected chi connectivity index (χ4v) is 1.87. The smallest absolute Gasteiger partial charge is 0.284 e. The second-order valence-electron chi connectivity index (χ2n) is 4.09. The molecule has 1 heterocycles. The Bertz CT molecular complexity index is 544. The van der Waals surface area contributed by atoms with Crippen molar-refractivity contribution >= 4 is 23.2 Å². The number of fused-ring (bicyclic) bond motifs is 1. The number of carbonyl (C=O) groups is 2. The van der Waals surface area contributed by atoms with Gasteiger partial charge in [0.1, 0.15) is 6.67 Å². The second kappa shape index (κ2) is 4.64. The molecule has 0 saturated carbocycles. The Morgan fingerprint density at radius 2 is 1.14 bits per heavy atom. The van der Waals surface area contributed by atoms with Crippen LogP contribution in [-0.2, 0) is 9.59 Å². The number of amides is 2. The third kappa shape index (κ3) is 2.65. The molecular weight excluding hydrogens is 306 g/mol. The monoisotopic (exact) mass is 312 g/mol. The first-order valence-electron chi connectivity index (χ1n) is 5.40. The van der Waals surface area contributed by atoms with E-state index in [0.29, 0.717) is 0 Å². The van der Waals surface area contributed by atoms with Crippen molar-refractivity contribution in [2.45, 2.75) is 12.4 Å². The molecule has 1 aromatic rings. The van der Waals surface area contributed by atoms with Gasteiger partial charge >= 0.3 is 24.2 Å². The van der Waals surface area contributed by atoms with Crippen LogP contribution in [0.5, 0.6) is 0 Å². The molecule has 0 aromatic heterocycles. The fourth-order valence-electron chi connectivity index (χ4n) is 1.87. The maximum absolute atomic E-state index is 12.4. The Kier molecular flexibility index (Phi) is 3.34. The highest BCUT2D eigenvalue weighted by Gasteiger charge is 2.51. The zero-order valence-electron chi connectivity index (χ0n) is 10.00. The minimum Gasteiger partial charge on any atom is -0.284 e. The number of para-hydroxylation sites is 2. The molecule has 10 heteroatoms. The first-order valence-corrected chi connectivity index (χ1v) is 5.40. The highest BCUT2D eigenvalue weighted by molar-refractivity contribution is 6.09. The van der Waals surface area contributed by atoms with Crippen LogP contribution in [-0.4, -0.2) is 30.8 Å². The Morgan fingerprint density at radius 3 is 1.43 bits per heavy atom. The van der Waals surface area contributed by atoms with Crippen LogP contribution in [0.4, 0.5) is 37.7 Å². The topological polar surface area (TPSA) is 40.6 Å². The summed E-state index contributed by atoms with van der Waals surface area (Å²) < 4.78 is 74.6. The highest BCUT2D eigenvalue weighted by Crippen LogP contribution is 2.39. The van der Waals surface area contributed by atoms with Crippen molar-refractivity contribution in [1.29, 1.82) is 0 Å². The highest BCUT2D eigenvalue weighted by atomic mass is 19.4. The van der Waals surface area contributed by atoms with Gasteiger partial charge in [0.2, 0.25) is 0 Å². The Morgan fingerprint density at radius 1 is 0.810 bits per heavy atom. The van der Waals surface area contributed by atoms with Crippen LogP contribution in [0.15, 0.2) is 24.3 Å². The van der Waals surface area contributed by atoms with Gasteiger partial charge in [0, 0.05) is 0 Å². The summed E-state index contributed by atoms with van der Waals surface area (Å²) in [6.07, 6.45) is -10.5. The van der Waals surface area contributed by atoms with Crippen LogP contribution < -0.4 is 9.80 Å². The van der Waals surface area contributed by atoms with Crippen molar-refractivity contribution in [3.8, 4) is 0 Å². The first kappa shape index (κ1) is 15.1. The maximum Gasteiger partial charge on any atom is 0.471 e. The lowest BCUT2D eigenvalue weighted by Gasteiger charge is -2.20. The lowest BCUT2D eigenvalue weighted by Crippen LogP contribution is -2.47. The van der Waals surface area contributed by atoms with E-state index >= 15 is 0 Å². The average molecular weight is 312 g/mol. The van der Waals surface area contributed by atoms with Gasteiger partial charge in [-0.1, -0.05) is 12.1 Å². The van der Waals surface area contributed by atoms with Crippen molar-refractivity contribution in [1.82, 2.24) is 0 Å². The van der Waals surface area contributed by atoms with Crippen LogP contribution in [0, 0.1) is 0 Å². The number of benzene rings is 1. The van der Waals surface area contributed by atoms with Crippen molar-refractivity contribution in [3.63, 3.8) is 0 Å². The minimum absolute atomic E-state index is 0.0823. The SMILES string of the molecule is O=C(N1CN(C(=O)C(F)(F)F)c2ccccc21)C(F)(F)F. The molecule has 1 aliphatic heterocycles. The number of nitrogens with zero attached hydrogens (tertiary/aromatic N) is 2. The van der Waals surface area contributed by atoms with Gasteiger partial charge in [-0.3, -0.25) is 19.4 Å². The molecule has 2 amide bonds. The molecule has 0 saturated heterocycles. The van der Waals surface area contributed by atoms with E-state index in [4.69, 9.17) is 0 Å². The normalized spacial score (nSPS) is 15.1. The summed E-state index contributed by atoms with van der Waals surface area (Å²) in [4.78, 5) is 22.6. The van der Waals surface area contributed by atoms with E-state index in [0.717, 1.165) is 12.1 Å². The Labute approximate surface area is 113 Å². The predicted molar refractivity (Wildman–Crippen MR) is 58.4 cm³/mol. The third-order valence-corrected chi connectivity index (χ3v) is 2.72. The number of anilines is 2. The van der Waals surface area contributed by atoms with Gasteiger partial charge in [-0.25, -0.2) is 0 Å². The lowest BCUT2D eigenvalue weighted by molar-refractivity contribution is -0.172. The third-order valence-electron chi connectivity index (χ3n) is 2.72. The van der Waals surface area contributed by atoms with Crippen LogP contribution >= 0.6 is 0 Å². The summed E-state index contributed by atoms with van der Waals surface area (Å²) in [5.74, 6) is -4.68. The van der Waals surface area contributed by atoms with Crippen LogP contribution in [0.3, 0.4) is 0 Å². The number of alkyl halides is 6. The minimum atomic E-state index is -5.26. The number of hydrogen-bond donors (Lipinski definition) is 0. The molecule has 21 heavy (non-hydrogen) atoms. The van der Waals surface area contributed by atoms with E-state index in [1.54, 1.807) is 0 Å². The van der Waals surface area contributed by atoms with Gasteiger partial charge in [0.25, 0.3) is 0 Å². The molecule has 0 N–H and O–H groups in total. The number of carbonyl (C=O) groups excluding carboxylic acids is 2. The quantitative estimate of drug-likeness (QED) is 0.691. The molecule has 1 aromatic carbocycles. The number of hydrogen-bond acceptors (Lipinski definition) is 2. The summed E-state index contributed by atoms with van der Waals surface area (Å²) in [7, 11) is 0. The molecule has 0 fully saturated rings. The Balaban J connectivity index is 2.44. The van der Waals surface area contributed by atoms with Gasteiger partial charge < -0.3 is 0 Å². The van der Waals surface area contributed by atoms with Gasteiger partial charge in [-0.15, -0.1) is 0 Å².